The molecule has 3 rings (SSSR count). The van der Waals surface area contributed by atoms with Crippen LogP contribution in [0.15, 0.2) is 36.5 Å². The lowest BCUT2D eigenvalue weighted by Crippen LogP contribution is -2.29. The number of aromatic nitrogens is 1. The summed E-state index contributed by atoms with van der Waals surface area (Å²) in [6, 6.07) is 10.6. The Labute approximate surface area is 127 Å². The second kappa shape index (κ2) is 7.61. The summed E-state index contributed by atoms with van der Waals surface area (Å²) in [5.41, 5.74) is 2.58. The van der Waals surface area contributed by atoms with Crippen molar-refractivity contribution >= 4 is 23.3 Å². The number of nitrogens with one attached hydrogen (secondary N) is 1. The predicted octanol–water partition coefficient (Wildman–Crippen LogP) is 3.98. The van der Waals surface area contributed by atoms with Gasteiger partial charge < -0.3 is 5.32 Å². The van der Waals surface area contributed by atoms with Gasteiger partial charge in [0.2, 0.25) is 0 Å². The molecule has 1 unspecified atom stereocenters. The average molecular weight is 291 g/mol. The van der Waals surface area contributed by atoms with E-state index in [1.165, 1.54) is 56.1 Å². The van der Waals surface area contributed by atoms with Gasteiger partial charge in [-0.25, -0.2) is 0 Å². The highest BCUT2D eigenvalue weighted by atomic mass is 35.5. The van der Waals surface area contributed by atoms with Gasteiger partial charge in [-0.1, -0.05) is 18.2 Å². The molecule has 1 aromatic carbocycles. The zero-order valence-electron chi connectivity index (χ0n) is 11.8. The van der Waals surface area contributed by atoms with E-state index in [2.05, 4.69) is 40.6 Å². The third-order valence-electron chi connectivity index (χ3n) is 4.20. The number of pyridine rings is 1. The van der Waals surface area contributed by atoms with Crippen molar-refractivity contribution in [3.05, 3.63) is 42.1 Å². The van der Waals surface area contributed by atoms with Gasteiger partial charge in [0.05, 0.1) is 5.52 Å². The second-order valence-electron chi connectivity index (χ2n) is 5.59. The van der Waals surface area contributed by atoms with Gasteiger partial charge in [0, 0.05) is 11.6 Å². The number of aryl methyl sites for hydroxylation is 1. The molecule has 108 valence electrons. The molecule has 2 heterocycles. The van der Waals surface area contributed by atoms with Crippen LogP contribution in [0.2, 0.25) is 0 Å². The summed E-state index contributed by atoms with van der Waals surface area (Å²) in [6.45, 7) is 2.43. The van der Waals surface area contributed by atoms with Crippen LogP contribution in [-0.2, 0) is 6.42 Å². The molecule has 2 nitrogen and oxygen atoms in total. The Morgan fingerprint density at radius 3 is 2.95 bits per heavy atom. The minimum Gasteiger partial charge on any atom is -0.316 e. The predicted molar refractivity (Wildman–Crippen MR) is 87.5 cm³/mol. The van der Waals surface area contributed by atoms with Crippen molar-refractivity contribution in [3.8, 4) is 0 Å². The third-order valence-corrected chi connectivity index (χ3v) is 4.20. The van der Waals surface area contributed by atoms with Crippen molar-refractivity contribution < 1.29 is 0 Å². The maximum atomic E-state index is 4.43. The first kappa shape index (κ1) is 15.3. The van der Waals surface area contributed by atoms with Crippen LogP contribution in [0, 0.1) is 5.92 Å². The van der Waals surface area contributed by atoms with E-state index in [-0.39, 0.29) is 12.4 Å². The van der Waals surface area contributed by atoms with Crippen molar-refractivity contribution in [3.63, 3.8) is 0 Å². The van der Waals surface area contributed by atoms with Gasteiger partial charge in [-0.2, -0.15) is 0 Å². The maximum absolute atomic E-state index is 4.43. The largest absolute Gasteiger partial charge is 0.316 e. The molecule has 3 heteroatoms. The smallest absolute Gasteiger partial charge is 0.0704 e. The third kappa shape index (κ3) is 3.71. The lowest BCUT2D eigenvalue weighted by molar-refractivity contribution is 0.351. The number of halogens is 1. The maximum Gasteiger partial charge on any atom is 0.0704 e. The zero-order chi connectivity index (χ0) is 12.9. The van der Waals surface area contributed by atoms with E-state index in [1.807, 2.05) is 6.20 Å². The van der Waals surface area contributed by atoms with Gasteiger partial charge in [-0.05, 0) is 68.8 Å². The summed E-state index contributed by atoms with van der Waals surface area (Å²) < 4.78 is 0. The number of para-hydroxylation sites is 1. The first-order chi connectivity index (χ1) is 9.43. The zero-order valence-corrected chi connectivity index (χ0v) is 12.7. The summed E-state index contributed by atoms with van der Waals surface area (Å²) >= 11 is 0. The molecule has 1 saturated heterocycles. The Morgan fingerprint density at radius 2 is 2.10 bits per heavy atom. The Hall–Kier alpha value is -1.12. The first-order valence-corrected chi connectivity index (χ1v) is 7.47. The quantitative estimate of drug-likeness (QED) is 0.921. The van der Waals surface area contributed by atoms with E-state index in [0.717, 1.165) is 11.4 Å². The average Bonchev–Trinajstić information content (AvgIpc) is 2.49. The molecule has 1 aromatic heterocycles. The molecule has 0 saturated carbocycles. The Balaban J connectivity index is 0.00000147. The van der Waals surface area contributed by atoms with Crippen LogP contribution in [0.4, 0.5) is 0 Å². The molecule has 0 radical (unpaired) electrons. The number of fused-ring (bicyclic) bond motifs is 1. The topological polar surface area (TPSA) is 24.9 Å². The Kier molecular flexibility index (Phi) is 5.81. The molecular weight excluding hydrogens is 268 g/mol. The normalized spacial score (nSPS) is 18.7. The van der Waals surface area contributed by atoms with Crippen LogP contribution in [0.25, 0.3) is 10.9 Å². The molecule has 20 heavy (non-hydrogen) atoms. The molecule has 1 N–H and O–H groups in total. The summed E-state index contributed by atoms with van der Waals surface area (Å²) in [4.78, 5) is 4.43. The van der Waals surface area contributed by atoms with Crippen molar-refractivity contribution in [1.29, 1.82) is 0 Å². The summed E-state index contributed by atoms with van der Waals surface area (Å²) in [6.07, 6.45) is 8.52. The van der Waals surface area contributed by atoms with E-state index < -0.39 is 0 Å². The fourth-order valence-electron chi connectivity index (χ4n) is 3.12. The molecule has 0 aliphatic carbocycles. The number of hydrogen-bond donors (Lipinski definition) is 1. The fourth-order valence-corrected chi connectivity index (χ4v) is 3.12. The number of piperidine rings is 1. The van der Waals surface area contributed by atoms with Crippen LogP contribution < -0.4 is 5.32 Å². The Morgan fingerprint density at radius 1 is 1.20 bits per heavy atom. The van der Waals surface area contributed by atoms with Crippen molar-refractivity contribution in [2.45, 2.75) is 32.1 Å². The van der Waals surface area contributed by atoms with Crippen LogP contribution >= 0.6 is 12.4 Å². The van der Waals surface area contributed by atoms with Gasteiger partial charge in [-0.3, -0.25) is 4.98 Å². The molecule has 0 bridgehead atoms. The number of nitrogens with zero attached hydrogens (tertiary/aromatic N) is 1. The fraction of sp³-hybridized carbons (Fsp3) is 0.471. The number of hydrogen-bond acceptors (Lipinski definition) is 2. The lowest BCUT2D eigenvalue weighted by atomic mass is 9.92. The monoisotopic (exact) mass is 290 g/mol. The van der Waals surface area contributed by atoms with Gasteiger partial charge in [-0.15, -0.1) is 12.4 Å². The molecular formula is C17H23ClN2. The molecule has 1 aliphatic heterocycles. The summed E-state index contributed by atoms with van der Waals surface area (Å²) in [5.74, 6) is 0.891. The SMILES string of the molecule is Cl.c1ccc2c(CCCC3CCCNC3)ccnc2c1. The standard InChI is InChI=1S/C17H22N2.ClH/c1-2-9-17-16(8-1)15(10-12-19-17)7-3-5-14-6-4-11-18-13-14;/h1-2,8-10,12,14,18H,3-7,11,13H2;1H. The minimum atomic E-state index is 0. The van der Waals surface area contributed by atoms with Gasteiger partial charge in [0.1, 0.15) is 0 Å². The van der Waals surface area contributed by atoms with Crippen molar-refractivity contribution in [2.75, 3.05) is 13.1 Å². The molecule has 1 aliphatic rings. The Bertz CT molecular complexity index is 530. The van der Waals surface area contributed by atoms with E-state index in [4.69, 9.17) is 0 Å². The molecule has 0 spiro atoms. The molecule has 1 fully saturated rings. The molecule has 2 aromatic rings. The van der Waals surface area contributed by atoms with Gasteiger partial charge in [0.15, 0.2) is 0 Å². The number of rotatable bonds is 4. The first-order valence-electron chi connectivity index (χ1n) is 7.47. The molecule has 1 atom stereocenters. The van der Waals surface area contributed by atoms with Crippen molar-refractivity contribution in [1.82, 2.24) is 10.3 Å². The lowest BCUT2D eigenvalue weighted by Gasteiger charge is -2.22. The van der Waals surface area contributed by atoms with E-state index in [0.29, 0.717) is 0 Å². The van der Waals surface area contributed by atoms with Gasteiger partial charge >= 0.3 is 0 Å². The highest BCUT2D eigenvalue weighted by Gasteiger charge is 2.12. The highest BCUT2D eigenvalue weighted by molar-refractivity contribution is 5.85. The summed E-state index contributed by atoms with van der Waals surface area (Å²) in [7, 11) is 0. The van der Waals surface area contributed by atoms with Crippen LogP contribution in [0.1, 0.15) is 31.2 Å². The van der Waals surface area contributed by atoms with Crippen LogP contribution in [-0.4, -0.2) is 18.1 Å². The van der Waals surface area contributed by atoms with Gasteiger partial charge in [0.25, 0.3) is 0 Å². The van der Waals surface area contributed by atoms with E-state index in [1.54, 1.807) is 0 Å². The second-order valence-corrected chi connectivity index (χ2v) is 5.59. The van der Waals surface area contributed by atoms with Crippen LogP contribution in [0.3, 0.4) is 0 Å². The van der Waals surface area contributed by atoms with Crippen molar-refractivity contribution in [2.24, 2.45) is 5.92 Å². The number of benzene rings is 1. The summed E-state index contributed by atoms with van der Waals surface area (Å²) in [5, 5.41) is 4.83. The molecule has 0 amide bonds. The van der Waals surface area contributed by atoms with Crippen LogP contribution in [0.5, 0.6) is 0 Å². The highest BCUT2D eigenvalue weighted by Crippen LogP contribution is 2.21. The van der Waals surface area contributed by atoms with E-state index >= 15 is 0 Å². The minimum absolute atomic E-state index is 0. The van der Waals surface area contributed by atoms with E-state index in [9.17, 15) is 0 Å².